The molecular formula is C18H17F3N4O2S. The number of benzene rings is 1. The predicted molar refractivity (Wildman–Crippen MR) is 98.7 cm³/mol. The summed E-state index contributed by atoms with van der Waals surface area (Å²) in [7, 11) is -3.54. The third-order valence-corrected chi connectivity index (χ3v) is 5.10. The number of fused-ring (bicyclic) bond motifs is 1. The van der Waals surface area contributed by atoms with E-state index in [4.69, 9.17) is 0 Å². The summed E-state index contributed by atoms with van der Waals surface area (Å²) in [5.41, 5.74) is 0.0983. The number of aryl methyl sites for hydroxylation is 1. The minimum atomic E-state index is -4.44. The molecule has 0 radical (unpaired) electrons. The van der Waals surface area contributed by atoms with E-state index in [2.05, 4.69) is 20.3 Å². The van der Waals surface area contributed by atoms with Crippen molar-refractivity contribution in [1.29, 1.82) is 0 Å². The Labute approximate surface area is 159 Å². The van der Waals surface area contributed by atoms with E-state index in [1.54, 1.807) is 19.9 Å². The van der Waals surface area contributed by atoms with Gasteiger partial charge in [0.2, 0.25) is 0 Å². The molecule has 1 atom stereocenters. The van der Waals surface area contributed by atoms with E-state index in [1.807, 2.05) is 0 Å². The Morgan fingerprint density at radius 3 is 2.50 bits per heavy atom. The van der Waals surface area contributed by atoms with Crippen LogP contribution in [0.5, 0.6) is 0 Å². The molecule has 0 saturated heterocycles. The van der Waals surface area contributed by atoms with Gasteiger partial charge in [-0.3, -0.25) is 0 Å². The van der Waals surface area contributed by atoms with Gasteiger partial charge in [-0.15, -0.1) is 0 Å². The Hall–Kier alpha value is -2.75. The van der Waals surface area contributed by atoms with Crippen LogP contribution in [0.15, 0.2) is 41.6 Å². The summed E-state index contributed by atoms with van der Waals surface area (Å²) in [6, 6.07) is 5.82. The molecule has 28 heavy (non-hydrogen) atoms. The lowest BCUT2D eigenvalue weighted by atomic mass is 10.0. The van der Waals surface area contributed by atoms with Crippen molar-refractivity contribution in [2.45, 2.75) is 31.1 Å². The van der Waals surface area contributed by atoms with Crippen molar-refractivity contribution in [3.05, 3.63) is 53.5 Å². The van der Waals surface area contributed by atoms with Crippen molar-refractivity contribution in [3.63, 3.8) is 0 Å². The van der Waals surface area contributed by atoms with Gasteiger partial charge in [-0.2, -0.15) is 13.2 Å². The Kier molecular flexibility index (Phi) is 5.00. The molecule has 0 fully saturated rings. The number of pyridine rings is 1. The van der Waals surface area contributed by atoms with E-state index in [-0.39, 0.29) is 5.03 Å². The molecule has 148 valence electrons. The zero-order valence-electron chi connectivity index (χ0n) is 15.2. The zero-order chi connectivity index (χ0) is 20.7. The first-order valence-electron chi connectivity index (χ1n) is 8.23. The van der Waals surface area contributed by atoms with Crippen molar-refractivity contribution in [1.82, 2.24) is 15.0 Å². The molecule has 0 spiro atoms. The summed E-state index contributed by atoms with van der Waals surface area (Å²) in [5, 5.41) is 3.34. The van der Waals surface area contributed by atoms with Crippen LogP contribution in [0, 0.1) is 6.92 Å². The van der Waals surface area contributed by atoms with Gasteiger partial charge < -0.3 is 5.32 Å². The largest absolute Gasteiger partial charge is 0.416 e. The van der Waals surface area contributed by atoms with Crippen LogP contribution in [-0.2, 0) is 16.0 Å². The van der Waals surface area contributed by atoms with Crippen molar-refractivity contribution < 1.29 is 21.6 Å². The first-order valence-corrected chi connectivity index (χ1v) is 10.1. The first-order chi connectivity index (χ1) is 12.9. The molecule has 0 aliphatic heterocycles. The molecule has 3 aromatic rings. The number of hydrogen-bond acceptors (Lipinski definition) is 6. The summed E-state index contributed by atoms with van der Waals surface area (Å²) in [4.78, 5) is 12.4. The van der Waals surface area contributed by atoms with E-state index in [9.17, 15) is 21.6 Å². The van der Waals surface area contributed by atoms with Crippen LogP contribution in [0.25, 0.3) is 10.9 Å². The molecule has 0 saturated carbocycles. The number of aromatic nitrogens is 3. The highest BCUT2D eigenvalue weighted by molar-refractivity contribution is 7.90. The van der Waals surface area contributed by atoms with Crippen molar-refractivity contribution in [3.8, 4) is 0 Å². The molecule has 1 N–H and O–H groups in total. The lowest BCUT2D eigenvalue weighted by Crippen LogP contribution is -2.12. The number of halogens is 3. The van der Waals surface area contributed by atoms with Crippen LogP contribution in [0.2, 0.25) is 0 Å². The highest BCUT2D eigenvalue weighted by Gasteiger charge is 2.30. The minimum Gasteiger partial charge on any atom is -0.363 e. The molecular weight excluding hydrogens is 393 g/mol. The molecule has 3 rings (SSSR count). The van der Waals surface area contributed by atoms with Crippen molar-refractivity contribution in [2.24, 2.45) is 0 Å². The maximum atomic E-state index is 13.0. The quantitative estimate of drug-likeness (QED) is 0.702. The molecule has 1 unspecified atom stereocenters. The number of nitrogens with zero attached hydrogens (tertiary/aromatic N) is 3. The second kappa shape index (κ2) is 7.01. The van der Waals surface area contributed by atoms with Gasteiger partial charge >= 0.3 is 6.18 Å². The molecule has 0 aliphatic carbocycles. The zero-order valence-corrected chi connectivity index (χ0v) is 16.1. The van der Waals surface area contributed by atoms with Crippen LogP contribution in [0.4, 0.5) is 19.0 Å². The smallest absolute Gasteiger partial charge is 0.363 e. The number of sulfone groups is 1. The predicted octanol–water partition coefficient (Wildman–Crippen LogP) is 3.93. The highest BCUT2D eigenvalue weighted by atomic mass is 32.2. The van der Waals surface area contributed by atoms with Gasteiger partial charge in [-0.05, 0) is 37.6 Å². The van der Waals surface area contributed by atoms with Gasteiger partial charge in [0.05, 0.1) is 17.3 Å². The Balaban J connectivity index is 2.04. The van der Waals surface area contributed by atoms with Crippen molar-refractivity contribution >= 4 is 26.6 Å². The van der Waals surface area contributed by atoms with Crippen LogP contribution in [-0.4, -0.2) is 29.6 Å². The molecule has 2 aromatic heterocycles. The lowest BCUT2D eigenvalue weighted by Gasteiger charge is -2.18. The average molecular weight is 410 g/mol. The second-order valence-electron chi connectivity index (χ2n) is 6.42. The summed E-state index contributed by atoms with van der Waals surface area (Å²) in [5.74, 6) is 0.736. The van der Waals surface area contributed by atoms with Crippen molar-refractivity contribution in [2.75, 3.05) is 11.6 Å². The van der Waals surface area contributed by atoms with Crippen LogP contribution in [0.3, 0.4) is 0 Å². The fraction of sp³-hybridized carbons (Fsp3) is 0.278. The molecule has 10 heteroatoms. The number of nitrogens with one attached hydrogen (secondary N) is 1. The van der Waals surface area contributed by atoms with E-state index in [0.717, 1.165) is 18.4 Å². The Morgan fingerprint density at radius 1 is 1.14 bits per heavy atom. The maximum absolute atomic E-state index is 13.0. The minimum absolute atomic E-state index is 0.137. The first kappa shape index (κ1) is 20.0. The molecule has 0 amide bonds. The summed E-state index contributed by atoms with van der Waals surface area (Å²) in [6.07, 6.45) is -2.07. The van der Waals surface area contributed by atoms with Gasteiger partial charge in [-0.1, -0.05) is 12.1 Å². The van der Waals surface area contributed by atoms with E-state index >= 15 is 0 Å². The van der Waals surface area contributed by atoms with E-state index < -0.39 is 27.6 Å². The summed E-state index contributed by atoms with van der Waals surface area (Å²) < 4.78 is 62.5. The third kappa shape index (κ3) is 4.22. The van der Waals surface area contributed by atoms with E-state index in [1.165, 1.54) is 18.3 Å². The number of alkyl halides is 3. The molecule has 0 aliphatic rings. The number of anilines is 1. The maximum Gasteiger partial charge on any atom is 0.416 e. The number of hydrogen-bond donors (Lipinski definition) is 1. The molecule has 0 bridgehead atoms. The van der Waals surface area contributed by atoms with Gasteiger partial charge in [0, 0.05) is 17.7 Å². The van der Waals surface area contributed by atoms with Crippen LogP contribution in [0.1, 0.15) is 29.9 Å². The fourth-order valence-corrected chi connectivity index (χ4v) is 3.29. The molecule has 2 heterocycles. The van der Waals surface area contributed by atoms with E-state index in [0.29, 0.717) is 28.1 Å². The summed E-state index contributed by atoms with van der Waals surface area (Å²) in [6.45, 7) is 3.35. The third-order valence-electron chi connectivity index (χ3n) is 4.12. The fourth-order valence-electron chi connectivity index (χ4n) is 2.71. The molecule has 1 aromatic carbocycles. The Morgan fingerprint density at radius 2 is 1.86 bits per heavy atom. The topological polar surface area (TPSA) is 84.8 Å². The normalized spacial score (nSPS) is 13.5. The Bertz CT molecular complexity index is 1150. The number of rotatable bonds is 4. The monoisotopic (exact) mass is 410 g/mol. The van der Waals surface area contributed by atoms with Gasteiger partial charge in [-0.25, -0.2) is 23.4 Å². The van der Waals surface area contributed by atoms with Gasteiger partial charge in [0.25, 0.3) is 0 Å². The lowest BCUT2D eigenvalue weighted by molar-refractivity contribution is -0.137. The average Bonchev–Trinajstić information content (AvgIpc) is 2.59. The van der Waals surface area contributed by atoms with Gasteiger partial charge in [0.1, 0.15) is 11.6 Å². The highest BCUT2D eigenvalue weighted by Crippen LogP contribution is 2.32. The standard InChI is InChI=1S/C18H17F3N4O2S/c1-10(12-5-4-6-13(7-12)18(19,20)21)23-17-14-8-16(28(3,26)27)22-9-15(14)24-11(2)25-17/h4-10H,1-3H3,(H,23,24,25). The van der Waals surface area contributed by atoms with Crippen LogP contribution < -0.4 is 5.32 Å². The molecule has 6 nitrogen and oxygen atoms in total. The second-order valence-corrected chi connectivity index (χ2v) is 8.38. The SMILES string of the molecule is Cc1nc(NC(C)c2cccc(C(F)(F)F)c2)c2cc(S(C)(=O)=O)ncc2n1. The summed E-state index contributed by atoms with van der Waals surface area (Å²) >= 11 is 0. The van der Waals surface area contributed by atoms with Crippen LogP contribution >= 0.6 is 0 Å². The van der Waals surface area contributed by atoms with Gasteiger partial charge in [0.15, 0.2) is 14.9 Å².